The maximum absolute atomic E-state index is 10.8. The molecule has 0 saturated carbocycles. The van der Waals surface area contributed by atoms with Gasteiger partial charge in [-0.05, 0) is 24.3 Å². The monoisotopic (exact) mass is 350 g/mol. The van der Waals surface area contributed by atoms with E-state index in [0.29, 0.717) is 16.8 Å². The van der Waals surface area contributed by atoms with Crippen LogP contribution in [-0.4, -0.2) is 26.9 Å². The Kier molecular flexibility index (Phi) is 4.70. The lowest BCUT2D eigenvalue weighted by Gasteiger charge is -2.00. The highest BCUT2D eigenvalue weighted by atomic mass is 16.6. The van der Waals surface area contributed by atoms with E-state index in [4.69, 9.17) is 5.73 Å². The summed E-state index contributed by atoms with van der Waals surface area (Å²) in [5, 5.41) is 19.1. The number of para-hydroxylation sites is 1. The fraction of sp³-hybridized carbons (Fsp3) is 0. The van der Waals surface area contributed by atoms with Crippen LogP contribution >= 0.6 is 0 Å². The van der Waals surface area contributed by atoms with Crippen LogP contribution in [0.4, 0.5) is 10.5 Å². The number of aromatic nitrogens is 2. The van der Waals surface area contributed by atoms with Crippen molar-refractivity contribution in [2.24, 2.45) is 10.8 Å². The minimum atomic E-state index is -0.784. The molecule has 0 saturated heterocycles. The van der Waals surface area contributed by atoms with Crippen LogP contribution in [-0.2, 0) is 0 Å². The molecule has 2 aromatic carbocycles. The Morgan fingerprint density at radius 1 is 1.19 bits per heavy atom. The minimum absolute atomic E-state index is 0.0122. The Bertz CT molecular complexity index is 964. The number of rotatable bonds is 5. The van der Waals surface area contributed by atoms with E-state index in [2.05, 4.69) is 15.6 Å². The number of urea groups is 1. The molecule has 9 nitrogen and oxygen atoms in total. The normalized spacial score (nSPS) is 10.8. The number of hydrogen-bond acceptors (Lipinski definition) is 5. The van der Waals surface area contributed by atoms with Crippen LogP contribution in [0.2, 0.25) is 0 Å². The molecule has 0 spiro atoms. The van der Waals surface area contributed by atoms with E-state index in [-0.39, 0.29) is 5.69 Å². The molecule has 0 unspecified atom stereocenters. The predicted octanol–water partition coefficient (Wildman–Crippen LogP) is 2.45. The summed E-state index contributed by atoms with van der Waals surface area (Å²) in [5.74, 6) is 0. The lowest BCUT2D eigenvalue weighted by Crippen LogP contribution is -2.24. The SMILES string of the molecule is NC(=O)N/N=C/c1cn(-c2ccccc2)nc1-c1ccc([N+](=O)[O-])cc1. The van der Waals surface area contributed by atoms with Gasteiger partial charge < -0.3 is 5.73 Å². The number of nitrogens with zero attached hydrogens (tertiary/aromatic N) is 4. The molecule has 1 aromatic heterocycles. The number of hydrazone groups is 1. The molecule has 0 atom stereocenters. The first-order valence-corrected chi connectivity index (χ1v) is 7.53. The van der Waals surface area contributed by atoms with Gasteiger partial charge in [0.25, 0.3) is 5.69 Å². The summed E-state index contributed by atoms with van der Waals surface area (Å²) in [7, 11) is 0. The van der Waals surface area contributed by atoms with Gasteiger partial charge in [-0.2, -0.15) is 10.2 Å². The van der Waals surface area contributed by atoms with E-state index >= 15 is 0 Å². The van der Waals surface area contributed by atoms with E-state index in [1.807, 2.05) is 30.3 Å². The van der Waals surface area contributed by atoms with Gasteiger partial charge in [0.1, 0.15) is 5.69 Å². The van der Waals surface area contributed by atoms with Crippen LogP contribution in [0.5, 0.6) is 0 Å². The molecule has 26 heavy (non-hydrogen) atoms. The number of non-ortho nitro benzene ring substituents is 1. The largest absolute Gasteiger partial charge is 0.350 e. The molecule has 1 heterocycles. The van der Waals surface area contributed by atoms with Crippen LogP contribution in [0.1, 0.15) is 5.56 Å². The summed E-state index contributed by atoms with van der Waals surface area (Å²) < 4.78 is 1.66. The zero-order valence-electron chi connectivity index (χ0n) is 13.4. The Morgan fingerprint density at radius 2 is 1.88 bits per heavy atom. The molecule has 3 rings (SSSR count). The molecular weight excluding hydrogens is 336 g/mol. The summed E-state index contributed by atoms with van der Waals surface area (Å²) in [4.78, 5) is 21.1. The third-order valence-corrected chi connectivity index (χ3v) is 3.49. The van der Waals surface area contributed by atoms with Gasteiger partial charge in [0.2, 0.25) is 0 Å². The molecule has 2 amide bonds. The van der Waals surface area contributed by atoms with Gasteiger partial charge in [0, 0.05) is 29.5 Å². The van der Waals surface area contributed by atoms with Gasteiger partial charge in [0.15, 0.2) is 0 Å². The summed E-state index contributed by atoms with van der Waals surface area (Å²) in [6, 6.07) is 14.7. The number of amides is 2. The molecule has 0 aliphatic rings. The van der Waals surface area contributed by atoms with Crippen molar-refractivity contribution in [1.82, 2.24) is 15.2 Å². The van der Waals surface area contributed by atoms with Crippen molar-refractivity contribution in [3.63, 3.8) is 0 Å². The van der Waals surface area contributed by atoms with E-state index in [0.717, 1.165) is 5.69 Å². The second-order valence-corrected chi connectivity index (χ2v) is 5.25. The smallest absolute Gasteiger partial charge is 0.332 e. The van der Waals surface area contributed by atoms with Gasteiger partial charge in [-0.25, -0.2) is 14.9 Å². The standard InChI is InChI=1S/C17H14N6O3/c18-17(24)20-19-10-13-11-22(14-4-2-1-3-5-14)21-16(13)12-6-8-15(9-7-12)23(25)26/h1-11H,(H3,18,20,24)/b19-10+. The number of nitro benzene ring substituents is 1. The Hall–Kier alpha value is -4.01. The van der Waals surface area contributed by atoms with Crippen molar-refractivity contribution in [3.8, 4) is 16.9 Å². The number of carbonyl (C=O) groups is 1. The average Bonchev–Trinajstić information content (AvgIpc) is 3.06. The third-order valence-electron chi connectivity index (χ3n) is 3.49. The summed E-state index contributed by atoms with van der Waals surface area (Å²) in [6.07, 6.45) is 3.15. The lowest BCUT2D eigenvalue weighted by atomic mass is 10.1. The summed E-state index contributed by atoms with van der Waals surface area (Å²) in [5.41, 5.74) is 9.78. The Labute approximate surface area is 147 Å². The first-order valence-electron chi connectivity index (χ1n) is 7.53. The van der Waals surface area contributed by atoms with E-state index < -0.39 is 11.0 Å². The van der Waals surface area contributed by atoms with Crippen LogP contribution in [0.3, 0.4) is 0 Å². The van der Waals surface area contributed by atoms with Crippen molar-refractivity contribution in [1.29, 1.82) is 0 Å². The molecule has 0 bridgehead atoms. The lowest BCUT2D eigenvalue weighted by molar-refractivity contribution is -0.384. The quantitative estimate of drug-likeness (QED) is 0.416. The van der Waals surface area contributed by atoms with Crippen LogP contribution < -0.4 is 11.2 Å². The van der Waals surface area contributed by atoms with Crippen LogP contribution in [0.15, 0.2) is 65.9 Å². The van der Waals surface area contributed by atoms with Gasteiger partial charge in [0.05, 0.1) is 16.8 Å². The Balaban J connectivity index is 2.03. The molecule has 0 radical (unpaired) electrons. The first-order chi connectivity index (χ1) is 12.5. The van der Waals surface area contributed by atoms with Crippen LogP contribution in [0, 0.1) is 10.1 Å². The van der Waals surface area contributed by atoms with E-state index in [9.17, 15) is 14.9 Å². The average molecular weight is 350 g/mol. The Morgan fingerprint density at radius 3 is 2.50 bits per heavy atom. The molecule has 3 aromatic rings. The molecule has 3 N–H and O–H groups in total. The fourth-order valence-electron chi connectivity index (χ4n) is 2.33. The highest BCUT2D eigenvalue weighted by Crippen LogP contribution is 2.25. The van der Waals surface area contributed by atoms with Crippen molar-refractivity contribution in [2.45, 2.75) is 0 Å². The van der Waals surface area contributed by atoms with Gasteiger partial charge in [-0.15, -0.1) is 0 Å². The fourth-order valence-corrected chi connectivity index (χ4v) is 2.33. The topological polar surface area (TPSA) is 128 Å². The van der Waals surface area contributed by atoms with Crippen molar-refractivity contribution >= 4 is 17.9 Å². The number of nitrogens with one attached hydrogen (secondary N) is 1. The zero-order valence-corrected chi connectivity index (χ0v) is 13.4. The molecule has 0 fully saturated rings. The molecular formula is C17H14N6O3. The van der Waals surface area contributed by atoms with E-state index in [1.54, 1.807) is 23.0 Å². The number of nitro groups is 1. The molecule has 0 aliphatic heterocycles. The maximum Gasteiger partial charge on any atom is 0.332 e. The zero-order chi connectivity index (χ0) is 18.5. The van der Waals surface area contributed by atoms with E-state index in [1.165, 1.54) is 18.3 Å². The summed E-state index contributed by atoms with van der Waals surface area (Å²) in [6.45, 7) is 0. The molecule has 0 aliphatic carbocycles. The summed E-state index contributed by atoms with van der Waals surface area (Å²) >= 11 is 0. The number of hydrogen-bond donors (Lipinski definition) is 2. The highest BCUT2D eigenvalue weighted by molar-refractivity contribution is 5.89. The minimum Gasteiger partial charge on any atom is -0.350 e. The van der Waals surface area contributed by atoms with Gasteiger partial charge in [-0.3, -0.25) is 10.1 Å². The predicted molar refractivity (Wildman–Crippen MR) is 96.0 cm³/mol. The van der Waals surface area contributed by atoms with Gasteiger partial charge in [-0.1, -0.05) is 18.2 Å². The number of benzene rings is 2. The van der Waals surface area contributed by atoms with Crippen molar-refractivity contribution < 1.29 is 9.72 Å². The number of nitrogens with two attached hydrogens (primary N) is 1. The third kappa shape index (κ3) is 3.73. The molecule has 130 valence electrons. The van der Waals surface area contributed by atoms with Gasteiger partial charge >= 0.3 is 6.03 Å². The highest BCUT2D eigenvalue weighted by Gasteiger charge is 2.13. The first kappa shape index (κ1) is 16.8. The van der Waals surface area contributed by atoms with Crippen LogP contribution in [0.25, 0.3) is 16.9 Å². The number of primary amides is 1. The maximum atomic E-state index is 10.8. The van der Waals surface area contributed by atoms with Crippen molar-refractivity contribution in [2.75, 3.05) is 0 Å². The number of carbonyl (C=O) groups excluding carboxylic acids is 1. The molecule has 9 heteroatoms. The second-order valence-electron chi connectivity index (χ2n) is 5.25. The second kappa shape index (κ2) is 7.26. The van der Waals surface area contributed by atoms with Crippen molar-refractivity contribution in [3.05, 3.63) is 76.5 Å².